The molecule has 1 saturated heterocycles. The minimum absolute atomic E-state index is 0.0712. The fraction of sp³-hybridized carbons (Fsp3) is 0.346. The van der Waals surface area contributed by atoms with E-state index in [9.17, 15) is 4.79 Å². The molecule has 32 heavy (non-hydrogen) atoms. The molecule has 1 fully saturated rings. The molecule has 0 saturated carbocycles. The van der Waals surface area contributed by atoms with E-state index < -0.39 is 0 Å². The van der Waals surface area contributed by atoms with E-state index in [1.807, 2.05) is 72.5 Å². The average Bonchev–Trinajstić information content (AvgIpc) is 2.83. The molecule has 0 unspecified atom stereocenters. The number of para-hydroxylation sites is 1. The lowest BCUT2D eigenvalue weighted by atomic mass is 10.1. The number of aryl methyl sites for hydroxylation is 1. The van der Waals surface area contributed by atoms with E-state index in [-0.39, 0.29) is 11.8 Å². The molecule has 0 N–H and O–H groups in total. The summed E-state index contributed by atoms with van der Waals surface area (Å²) in [6.07, 6.45) is 0. The van der Waals surface area contributed by atoms with Crippen LogP contribution in [0, 0.1) is 6.92 Å². The van der Waals surface area contributed by atoms with Crippen LogP contribution in [-0.2, 0) is 6.61 Å². The van der Waals surface area contributed by atoms with Gasteiger partial charge in [0.15, 0.2) is 0 Å². The van der Waals surface area contributed by atoms with Crippen LogP contribution in [0.3, 0.4) is 0 Å². The number of amides is 1. The van der Waals surface area contributed by atoms with Gasteiger partial charge >= 0.3 is 0 Å². The minimum Gasteiger partial charge on any atom is -0.489 e. The third kappa shape index (κ3) is 5.25. The van der Waals surface area contributed by atoms with Crippen molar-refractivity contribution in [2.75, 3.05) is 31.1 Å². The van der Waals surface area contributed by atoms with E-state index in [0.717, 1.165) is 41.7 Å². The second kappa shape index (κ2) is 9.81. The Kier molecular flexibility index (Phi) is 6.69. The molecule has 0 bridgehead atoms. The van der Waals surface area contributed by atoms with Gasteiger partial charge < -0.3 is 14.5 Å². The summed E-state index contributed by atoms with van der Waals surface area (Å²) >= 11 is 0. The largest absolute Gasteiger partial charge is 0.489 e. The van der Waals surface area contributed by atoms with Crippen molar-refractivity contribution in [2.45, 2.75) is 33.3 Å². The van der Waals surface area contributed by atoms with Crippen LogP contribution in [0.5, 0.6) is 5.75 Å². The average molecular weight is 431 g/mol. The molecule has 2 aromatic carbocycles. The molecule has 6 nitrogen and oxygen atoms in total. The second-order valence-corrected chi connectivity index (χ2v) is 8.46. The molecule has 0 spiro atoms. The SMILES string of the molecule is Cc1cc(N2CCN(C(=O)c3ccc(COc4ccccc4)cc3)CC2)nc(C(C)C)n1. The zero-order valence-electron chi connectivity index (χ0n) is 19.0. The lowest BCUT2D eigenvalue weighted by molar-refractivity contribution is 0.0746. The van der Waals surface area contributed by atoms with Crippen molar-refractivity contribution in [3.05, 3.63) is 83.3 Å². The standard InChI is InChI=1S/C26H30N4O2/c1-19(2)25-27-20(3)17-24(28-25)29-13-15-30(16-14-29)26(31)22-11-9-21(10-12-22)18-32-23-7-5-4-6-8-23/h4-12,17,19H,13-16,18H2,1-3H3. The number of hydrogen-bond acceptors (Lipinski definition) is 5. The highest BCUT2D eigenvalue weighted by Gasteiger charge is 2.23. The Morgan fingerprint density at radius 3 is 2.31 bits per heavy atom. The first-order chi connectivity index (χ1) is 15.5. The summed E-state index contributed by atoms with van der Waals surface area (Å²) in [7, 11) is 0. The van der Waals surface area contributed by atoms with Gasteiger partial charge in [-0.05, 0) is 36.8 Å². The van der Waals surface area contributed by atoms with Gasteiger partial charge in [-0.1, -0.05) is 44.2 Å². The van der Waals surface area contributed by atoms with Gasteiger partial charge in [0.05, 0.1) is 0 Å². The molecule has 1 aromatic heterocycles. The van der Waals surface area contributed by atoms with Crippen LogP contribution >= 0.6 is 0 Å². The van der Waals surface area contributed by atoms with Crippen LogP contribution in [0.2, 0.25) is 0 Å². The van der Waals surface area contributed by atoms with Crippen molar-refractivity contribution in [3.63, 3.8) is 0 Å². The van der Waals surface area contributed by atoms with Gasteiger partial charge in [-0.25, -0.2) is 9.97 Å². The molecule has 0 aliphatic carbocycles. The van der Waals surface area contributed by atoms with Gasteiger partial charge in [0.2, 0.25) is 0 Å². The summed E-state index contributed by atoms with van der Waals surface area (Å²) < 4.78 is 5.78. The molecule has 1 amide bonds. The van der Waals surface area contributed by atoms with Gasteiger partial charge in [-0.2, -0.15) is 0 Å². The number of rotatable bonds is 6. The van der Waals surface area contributed by atoms with Crippen molar-refractivity contribution in [1.82, 2.24) is 14.9 Å². The Hall–Kier alpha value is -3.41. The van der Waals surface area contributed by atoms with Crippen molar-refractivity contribution in [2.24, 2.45) is 0 Å². The maximum absolute atomic E-state index is 13.0. The number of hydrogen-bond donors (Lipinski definition) is 0. The number of piperazine rings is 1. The zero-order chi connectivity index (χ0) is 22.5. The number of nitrogens with zero attached hydrogens (tertiary/aromatic N) is 4. The molecule has 1 aliphatic rings. The maximum Gasteiger partial charge on any atom is 0.253 e. The van der Waals surface area contributed by atoms with Gasteiger partial charge in [-0.15, -0.1) is 0 Å². The summed E-state index contributed by atoms with van der Waals surface area (Å²) in [5.41, 5.74) is 2.73. The number of carbonyl (C=O) groups is 1. The summed E-state index contributed by atoms with van der Waals surface area (Å²) in [5, 5.41) is 0. The molecule has 3 aromatic rings. The Morgan fingerprint density at radius 2 is 1.66 bits per heavy atom. The van der Waals surface area contributed by atoms with Gasteiger partial charge in [0.1, 0.15) is 24.0 Å². The smallest absolute Gasteiger partial charge is 0.253 e. The lowest BCUT2D eigenvalue weighted by Crippen LogP contribution is -2.49. The fourth-order valence-corrected chi connectivity index (χ4v) is 3.74. The Labute approximate surface area is 189 Å². The van der Waals surface area contributed by atoms with E-state index in [0.29, 0.717) is 25.3 Å². The lowest BCUT2D eigenvalue weighted by Gasteiger charge is -2.35. The first kappa shape index (κ1) is 21.8. The first-order valence-electron chi connectivity index (χ1n) is 11.2. The van der Waals surface area contributed by atoms with Gasteiger partial charge in [0, 0.05) is 49.4 Å². The van der Waals surface area contributed by atoms with Crippen molar-refractivity contribution in [3.8, 4) is 5.75 Å². The van der Waals surface area contributed by atoms with Crippen molar-refractivity contribution < 1.29 is 9.53 Å². The van der Waals surface area contributed by atoms with E-state index in [2.05, 4.69) is 23.7 Å². The van der Waals surface area contributed by atoms with E-state index in [1.54, 1.807) is 0 Å². The third-order valence-electron chi connectivity index (χ3n) is 5.61. The predicted octanol–water partition coefficient (Wildman–Crippen LogP) is 4.45. The number of anilines is 1. The molecule has 4 rings (SSSR count). The topological polar surface area (TPSA) is 58.6 Å². The number of ether oxygens (including phenoxy) is 1. The van der Waals surface area contributed by atoms with E-state index in [4.69, 9.17) is 9.72 Å². The van der Waals surface area contributed by atoms with Gasteiger partial charge in [-0.3, -0.25) is 4.79 Å². The zero-order valence-corrected chi connectivity index (χ0v) is 19.0. The molecule has 0 radical (unpaired) electrons. The molecule has 6 heteroatoms. The molecule has 2 heterocycles. The number of benzene rings is 2. The molecular formula is C26H30N4O2. The van der Waals surface area contributed by atoms with E-state index in [1.165, 1.54) is 0 Å². The molecule has 0 atom stereocenters. The molecule has 1 aliphatic heterocycles. The fourth-order valence-electron chi connectivity index (χ4n) is 3.74. The van der Waals surface area contributed by atoms with Crippen LogP contribution < -0.4 is 9.64 Å². The molecular weight excluding hydrogens is 400 g/mol. The highest BCUT2D eigenvalue weighted by molar-refractivity contribution is 5.94. The minimum atomic E-state index is 0.0712. The quantitative estimate of drug-likeness (QED) is 0.578. The monoisotopic (exact) mass is 430 g/mol. The Balaban J connectivity index is 1.33. The first-order valence-corrected chi connectivity index (χ1v) is 11.2. The normalized spacial score (nSPS) is 14.0. The van der Waals surface area contributed by atoms with E-state index >= 15 is 0 Å². The number of aromatic nitrogens is 2. The predicted molar refractivity (Wildman–Crippen MR) is 126 cm³/mol. The van der Waals surface area contributed by atoms with Crippen LogP contribution in [-0.4, -0.2) is 47.0 Å². The maximum atomic E-state index is 13.0. The van der Waals surface area contributed by atoms with Crippen LogP contribution in [0.4, 0.5) is 5.82 Å². The van der Waals surface area contributed by atoms with Crippen LogP contribution in [0.1, 0.15) is 47.2 Å². The van der Waals surface area contributed by atoms with Gasteiger partial charge in [0.25, 0.3) is 5.91 Å². The molecule has 166 valence electrons. The highest BCUT2D eigenvalue weighted by Crippen LogP contribution is 2.20. The number of carbonyl (C=O) groups excluding carboxylic acids is 1. The highest BCUT2D eigenvalue weighted by atomic mass is 16.5. The second-order valence-electron chi connectivity index (χ2n) is 8.46. The van der Waals surface area contributed by atoms with Crippen LogP contribution in [0.25, 0.3) is 0 Å². The summed E-state index contributed by atoms with van der Waals surface area (Å²) in [4.78, 5) is 26.4. The van der Waals surface area contributed by atoms with Crippen molar-refractivity contribution >= 4 is 11.7 Å². The third-order valence-corrected chi connectivity index (χ3v) is 5.61. The summed E-state index contributed by atoms with van der Waals surface area (Å²) in [6, 6.07) is 19.5. The van der Waals surface area contributed by atoms with Crippen LogP contribution in [0.15, 0.2) is 60.7 Å². The Morgan fingerprint density at radius 1 is 0.969 bits per heavy atom. The van der Waals surface area contributed by atoms with Crippen molar-refractivity contribution in [1.29, 1.82) is 0 Å². The summed E-state index contributed by atoms with van der Waals surface area (Å²) in [6.45, 7) is 9.59. The Bertz CT molecular complexity index is 1040. The summed E-state index contributed by atoms with van der Waals surface area (Å²) in [5.74, 6) is 3.02.